The van der Waals surface area contributed by atoms with Crippen molar-refractivity contribution in [2.75, 3.05) is 25.6 Å². The summed E-state index contributed by atoms with van der Waals surface area (Å²) in [6, 6.07) is 8.49. The van der Waals surface area contributed by atoms with Crippen LogP contribution in [0.2, 0.25) is 0 Å². The minimum absolute atomic E-state index is 0.0800. The number of rotatable bonds is 6. The molecule has 0 saturated carbocycles. The summed E-state index contributed by atoms with van der Waals surface area (Å²) in [6.45, 7) is 1.23. The lowest BCUT2D eigenvalue weighted by Crippen LogP contribution is -2.31. The van der Waals surface area contributed by atoms with Crippen LogP contribution in [-0.4, -0.2) is 38.2 Å². The van der Waals surface area contributed by atoms with Crippen molar-refractivity contribution in [1.82, 2.24) is 5.32 Å². The van der Waals surface area contributed by atoms with Crippen LogP contribution in [0.5, 0.6) is 0 Å². The molecule has 1 aromatic carbocycles. The van der Waals surface area contributed by atoms with Gasteiger partial charge in [-0.05, 0) is 31.0 Å². The number of methoxy groups -OCH3 is 1. The average molecular weight is 329 g/mol. The summed E-state index contributed by atoms with van der Waals surface area (Å²) in [4.78, 5) is 23.5. The van der Waals surface area contributed by atoms with E-state index in [0.717, 1.165) is 19.4 Å². The molecule has 1 heterocycles. The van der Waals surface area contributed by atoms with Gasteiger partial charge < -0.3 is 20.1 Å². The number of hydrogen-bond donors (Lipinski definition) is 2. The lowest BCUT2D eigenvalue weighted by Gasteiger charge is -2.11. The zero-order chi connectivity index (χ0) is 17.4. The molecule has 1 unspecified atom stereocenters. The van der Waals surface area contributed by atoms with E-state index in [-0.39, 0.29) is 17.6 Å². The number of hydrogen-bond acceptors (Lipinski definition) is 6. The monoisotopic (exact) mass is 329 g/mol. The van der Waals surface area contributed by atoms with Crippen LogP contribution in [0.15, 0.2) is 36.0 Å². The highest BCUT2D eigenvalue weighted by molar-refractivity contribution is 5.95. The van der Waals surface area contributed by atoms with Crippen molar-refractivity contribution >= 4 is 17.6 Å². The Kier molecular flexibility index (Phi) is 6.34. The third-order valence-corrected chi connectivity index (χ3v) is 3.55. The summed E-state index contributed by atoms with van der Waals surface area (Å²) in [6.07, 6.45) is 3.30. The van der Waals surface area contributed by atoms with Gasteiger partial charge in [-0.3, -0.25) is 4.79 Å². The molecule has 0 bridgehead atoms. The van der Waals surface area contributed by atoms with Gasteiger partial charge in [0.15, 0.2) is 5.57 Å². The number of esters is 1. The fourth-order valence-corrected chi connectivity index (χ4v) is 2.27. The Morgan fingerprint density at radius 1 is 1.50 bits per heavy atom. The van der Waals surface area contributed by atoms with E-state index >= 15 is 0 Å². The van der Waals surface area contributed by atoms with E-state index in [4.69, 9.17) is 10.00 Å². The van der Waals surface area contributed by atoms with Gasteiger partial charge in [-0.1, -0.05) is 6.07 Å². The Balaban J connectivity index is 1.97. The second-order valence-electron chi connectivity index (χ2n) is 5.23. The van der Waals surface area contributed by atoms with Crippen LogP contribution in [-0.2, 0) is 14.3 Å². The molecular formula is C17H19N3O4. The van der Waals surface area contributed by atoms with Crippen LogP contribution in [0, 0.1) is 11.3 Å². The molecule has 7 heteroatoms. The average Bonchev–Trinajstić information content (AvgIpc) is 3.13. The number of nitriles is 1. The number of amides is 1. The standard InChI is InChI=1S/C17H19N3O4/c1-23-17(22)13(9-18)10-19-14-5-2-4-12(8-14)16(21)20-11-15-6-3-7-24-15/h2,4-5,8,10,15,19H,3,6-7,11H2,1H3,(H,20,21)/b13-10-. The lowest BCUT2D eigenvalue weighted by molar-refractivity contribution is -0.135. The summed E-state index contributed by atoms with van der Waals surface area (Å²) < 4.78 is 9.95. The summed E-state index contributed by atoms with van der Waals surface area (Å²) >= 11 is 0. The second kappa shape index (κ2) is 8.70. The second-order valence-corrected chi connectivity index (χ2v) is 5.23. The van der Waals surface area contributed by atoms with Crippen molar-refractivity contribution < 1.29 is 19.1 Å². The van der Waals surface area contributed by atoms with E-state index in [1.165, 1.54) is 13.3 Å². The molecule has 1 amide bonds. The predicted molar refractivity (Wildman–Crippen MR) is 87.1 cm³/mol. The number of benzene rings is 1. The minimum Gasteiger partial charge on any atom is -0.465 e. The maximum Gasteiger partial charge on any atom is 0.350 e. The number of carbonyl (C=O) groups is 2. The number of nitrogens with zero attached hydrogens (tertiary/aromatic N) is 1. The number of ether oxygens (including phenoxy) is 2. The van der Waals surface area contributed by atoms with Gasteiger partial charge in [-0.2, -0.15) is 5.26 Å². The molecule has 7 nitrogen and oxygen atoms in total. The molecule has 0 spiro atoms. The van der Waals surface area contributed by atoms with Crippen LogP contribution in [0.4, 0.5) is 5.69 Å². The van der Waals surface area contributed by atoms with E-state index in [1.807, 2.05) is 0 Å². The van der Waals surface area contributed by atoms with Gasteiger partial charge in [0.1, 0.15) is 6.07 Å². The number of carbonyl (C=O) groups excluding carboxylic acids is 2. The first-order valence-electron chi connectivity index (χ1n) is 7.59. The minimum atomic E-state index is -0.726. The third-order valence-electron chi connectivity index (χ3n) is 3.55. The maximum absolute atomic E-state index is 12.2. The summed E-state index contributed by atoms with van der Waals surface area (Å²) in [7, 11) is 1.20. The molecule has 1 fully saturated rings. The molecule has 0 aromatic heterocycles. The van der Waals surface area contributed by atoms with Crippen molar-refractivity contribution in [3.63, 3.8) is 0 Å². The smallest absolute Gasteiger partial charge is 0.350 e. The van der Waals surface area contributed by atoms with Gasteiger partial charge >= 0.3 is 5.97 Å². The van der Waals surface area contributed by atoms with E-state index in [1.54, 1.807) is 30.3 Å². The lowest BCUT2D eigenvalue weighted by atomic mass is 10.1. The zero-order valence-corrected chi connectivity index (χ0v) is 13.4. The Bertz CT molecular complexity index is 673. The first-order chi connectivity index (χ1) is 11.6. The van der Waals surface area contributed by atoms with Crippen LogP contribution in [0.25, 0.3) is 0 Å². The SMILES string of the molecule is COC(=O)/C(C#N)=C\Nc1cccc(C(=O)NCC2CCCO2)c1. The molecule has 126 valence electrons. The molecule has 24 heavy (non-hydrogen) atoms. The highest BCUT2D eigenvalue weighted by atomic mass is 16.5. The van der Waals surface area contributed by atoms with Gasteiger partial charge in [-0.15, -0.1) is 0 Å². The van der Waals surface area contributed by atoms with Gasteiger partial charge in [0.25, 0.3) is 5.91 Å². The van der Waals surface area contributed by atoms with Crippen LogP contribution < -0.4 is 10.6 Å². The Labute approximate surface area is 140 Å². The fraction of sp³-hybridized carbons (Fsp3) is 0.353. The number of nitrogens with one attached hydrogen (secondary N) is 2. The van der Waals surface area contributed by atoms with E-state index in [0.29, 0.717) is 17.8 Å². The van der Waals surface area contributed by atoms with Crippen molar-refractivity contribution in [1.29, 1.82) is 5.26 Å². The van der Waals surface area contributed by atoms with Crippen LogP contribution in [0.1, 0.15) is 23.2 Å². The van der Waals surface area contributed by atoms with E-state index in [9.17, 15) is 9.59 Å². The molecule has 2 rings (SSSR count). The van der Waals surface area contributed by atoms with Gasteiger partial charge in [0, 0.05) is 30.6 Å². The van der Waals surface area contributed by atoms with Gasteiger partial charge in [0.2, 0.25) is 0 Å². The molecule has 0 radical (unpaired) electrons. The molecular weight excluding hydrogens is 310 g/mol. The molecule has 0 aliphatic carbocycles. The third kappa shape index (κ3) is 4.83. The van der Waals surface area contributed by atoms with Gasteiger partial charge in [-0.25, -0.2) is 4.79 Å². The molecule has 2 N–H and O–H groups in total. The Hall–Kier alpha value is -2.85. The number of anilines is 1. The fourth-order valence-electron chi connectivity index (χ4n) is 2.27. The Morgan fingerprint density at radius 3 is 3.00 bits per heavy atom. The molecule has 1 aromatic rings. The molecule has 1 aliphatic rings. The van der Waals surface area contributed by atoms with Crippen LogP contribution >= 0.6 is 0 Å². The zero-order valence-electron chi connectivity index (χ0n) is 13.4. The highest BCUT2D eigenvalue weighted by Crippen LogP contribution is 2.13. The first-order valence-corrected chi connectivity index (χ1v) is 7.59. The largest absolute Gasteiger partial charge is 0.465 e. The quantitative estimate of drug-likeness (QED) is 0.467. The molecule has 1 saturated heterocycles. The summed E-state index contributed by atoms with van der Waals surface area (Å²) in [5.41, 5.74) is 0.894. The van der Waals surface area contributed by atoms with Crippen molar-refractivity contribution in [3.05, 3.63) is 41.6 Å². The van der Waals surface area contributed by atoms with E-state index < -0.39 is 5.97 Å². The first kappa shape index (κ1) is 17.5. The van der Waals surface area contributed by atoms with Crippen molar-refractivity contribution in [2.45, 2.75) is 18.9 Å². The van der Waals surface area contributed by atoms with E-state index in [2.05, 4.69) is 15.4 Å². The summed E-state index contributed by atoms with van der Waals surface area (Å²) in [5, 5.41) is 14.5. The maximum atomic E-state index is 12.2. The molecule has 1 aliphatic heterocycles. The highest BCUT2D eigenvalue weighted by Gasteiger charge is 2.16. The normalized spacial score (nSPS) is 17.0. The van der Waals surface area contributed by atoms with Crippen molar-refractivity contribution in [2.24, 2.45) is 0 Å². The predicted octanol–water partition coefficient (Wildman–Crippen LogP) is 1.59. The van der Waals surface area contributed by atoms with Gasteiger partial charge in [0.05, 0.1) is 13.2 Å². The Morgan fingerprint density at radius 2 is 2.33 bits per heavy atom. The van der Waals surface area contributed by atoms with Crippen LogP contribution in [0.3, 0.4) is 0 Å². The van der Waals surface area contributed by atoms with Crippen molar-refractivity contribution in [3.8, 4) is 6.07 Å². The topological polar surface area (TPSA) is 100 Å². The summed E-state index contributed by atoms with van der Waals surface area (Å²) in [5.74, 6) is -0.929. The molecule has 1 atom stereocenters.